The third kappa shape index (κ3) is 8.54. The first-order valence-electron chi connectivity index (χ1n) is 16.4. The summed E-state index contributed by atoms with van der Waals surface area (Å²) in [6, 6.07) is 17.0. The lowest BCUT2D eigenvalue weighted by atomic mass is 9.69. The molecule has 11 nitrogen and oxygen atoms in total. The number of hydrogen-bond donors (Lipinski definition) is 6. The molecule has 1 fully saturated rings. The molecule has 0 aliphatic heterocycles. The maximum atomic E-state index is 12.5. The van der Waals surface area contributed by atoms with Gasteiger partial charge in [0.05, 0.1) is 29.2 Å². The van der Waals surface area contributed by atoms with Gasteiger partial charge in [-0.25, -0.2) is 0 Å². The minimum absolute atomic E-state index is 0.0832. The van der Waals surface area contributed by atoms with Crippen LogP contribution in [-0.2, 0) is 28.0 Å². The van der Waals surface area contributed by atoms with Gasteiger partial charge >= 0.3 is 5.97 Å². The standard InChI is InChI=1S/C37H42ClN3O8/c1-48-31-19-32(28(38)18-24(31)20-39-21-30(43)26-10-12-29(42)35-27(26)11-13-33(44)41-35)49-22-34(45)40-16-6-8-23-7-5-9-25(17-23)37(36(46)47)14-3-2-4-15-37/h5,7,9-13,17-19,30,39,42-43H,2-4,6,8,14-16,20-22H2,1H3,(H,40,45)(H,41,44)(H,46,47). The monoisotopic (exact) mass is 691 g/mol. The normalized spacial score (nSPS) is 14.7. The molecule has 260 valence electrons. The number of aliphatic carboxylic acids is 1. The molecule has 0 radical (unpaired) electrons. The molecule has 4 aromatic rings. The molecule has 0 bridgehead atoms. The van der Waals surface area contributed by atoms with E-state index in [1.807, 2.05) is 24.3 Å². The Kier molecular flexibility index (Phi) is 11.8. The molecule has 6 N–H and O–H groups in total. The fourth-order valence-electron chi connectivity index (χ4n) is 6.54. The number of aromatic nitrogens is 1. The Bertz CT molecular complexity index is 1850. The number of aliphatic hydroxyl groups is 1. The number of aromatic amines is 1. The molecule has 1 aromatic heterocycles. The number of carbonyl (C=O) groups is 2. The molecule has 0 spiro atoms. The van der Waals surface area contributed by atoms with Crippen LogP contribution in [0, 0.1) is 0 Å². The third-order valence-electron chi connectivity index (χ3n) is 9.17. The van der Waals surface area contributed by atoms with Crippen molar-refractivity contribution in [2.24, 2.45) is 0 Å². The van der Waals surface area contributed by atoms with E-state index in [1.54, 1.807) is 24.3 Å². The molecular formula is C37H42ClN3O8. The summed E-state index contributed by atoms with van der Waals surface area (Å²) in [5.41, 5.74) is 2.25. The highest BCUT2D eigenvalue weighted by atomic mass is 35.5. The number of aromatic hydroxyl groups is 1. The van der Waals surface area contributed by atoms with Gasteiger partial charge in [-0.15, -0.1) is 0 Å². The Morgan fingerprint density at radius 2 is 1.84 bits per heavy atom. The molecule has 1 atom stereocenters. The zero-order valence-electron chi connectivity index (χ0n) is 27.4. The lowest BCUT2D eigenvalue weighted by Gasteiger charge is -2.34. The SMILES string of the molecule is COc1cc(OCC(=O)NCCCc2cccc(C3(C(=O)O)CCCCC3)c2)c(Cl)cc1CNCC(O)c1ccc(O)c2[nH]c(=O)ccc12. The van der Waals surface area contributed by atoms with Crippen molar-refractivity contribution in [3.63, 3.8) is 0 Å². The van der Waals surface area contributed by atoms with E-state index < -0.39 is 17.5 Å². The number of nitrogens with one attached hydrogen (secondary N) is 3. The quantitative estimate of drug-likeness (QED) is 0.0925. The van der Waals surface area contributed by atoms with Crippen LogP contribution in [-0.4, -0.2) is 59.0 Å². The average Bonchev–Trinajstić information content (AvgIpc) is 3.10. The summed E-state index contributed by atoms with van der Waals surface area (Å²) >= 11 is 6.49. The van der Waals surface area contributed by atoms with Crippen molar-refractivity contribution in [2.75, 3.05) is 26.8 Å². The Morgan fingerprint density at radius 3 is 2.59 bits per heavy atom. The number of carboxylic acids is 1. The highest BCUT2D eigenvalue weighted by Gasteiger charge is 2.41. The molecule has 1 amide bonds. The van der Waals surface area contributed by atoms with Gasteiger partial charge in [-0.2, -0.15) is 0 Å². The van der Waals surface area contributed by atoms with E-state index in [4.69, 9.17) is 21.1 Å². The second kappa shape index (κ2) is 16.2. The summed E-state index contributed by atoms with van der Waals surface area (Å²) in [6.07, 6.45) is 4.67. The summed E-state index contributed by atoms with van der Waals surface area (Å²) in [5, 5.41) is 37.9. The maximum Gasteiger partial charge on any atom is 0.314 e. The van der Waals surface area contributed by atoms with Gasteiger partial charge in [-0.3, -0.25) is 14.4 Å². The molecule has 0 saturated heterocycles. The van der Waals surface area contributed by atoms with Gasteiger partial charge in [0, 0.05) is 42.7 Å². The third-order valence-corrected chi connectivity index (χ3v) is 9.47. The van der Waals surface area contributed by atoms with E-state index in [0.717, 1.165) is 30.4 Å². The number of carbonyl (C=O) groups excluding carboxylic acids is 1. The number of aryl methyl sites for hydroxylation is 1. The number of methoxy groups -OCH3 is 1. The molecule has 49 heavy (non-hydrogen) atoms. The van der Waals surface area contributed by atoms with Gasteiger partial charge in [-0.1, -0.05) is 61.2 Å². The van der Waals surface area contributed by atoms with Crippen LogP contribution in [0.2, 0.25) is 5.02 Å². The van der Waals surface area contributed by atoms with Crippen molar-refractivity contribution in [3.8, 4) is 17.2 Å². The van der Waals surface area contributed by atoms with Gasteiger partial charge in [0.1, 0.15) is 17.2 Å². The highest BCUT2D eigenvalue weighted by Crippen LogP contribution is 2.40. The molecular weight excluding hydrogens is 650 g/mol. The Balaban J connectivity index is 1.09. The van der Waals surface area contributed by atoms with Crippen LogP contribution in [0.15, 0.2) is 65.5 Å². The summed E-state index contributed by atoms with van der Waals surface area (Å²) in [6.45, 7) is 0.650. The number of ether oxygens (including phenoxy) is 2. The largest absolute Gasteiger partial charge is 0.506 e. The van der Waals surface area contributed by atoms with Gasteiger partial charge in [-0.05, 0) is 60.6 Å². The number of benzene rings is 3. The number of pyridine rings is 1. The Hall–Kier alpha value is -4.58. The van der Waals surface area contributed by atoms with E-state index in [-0.39, 0.29) is 46.7 Å². The summed E-state index contributed by atoms with van der Waals surface area (Å²) in [4.78, 5) is 39.0. The molecule has 1 saturated carbocycles. The van der Waals surface area contributed by atoms with Gasteiger partial charge in [0.2, 0.25) is 5.56 Å². The zero-order valence-corrected chi connectivity index (χ0v) is 28.1. The molecule has 12 heteroatoms. The number of H-pyrrole nitrogens is 1. The predicted octanol–water partition coefficient (Wildman–Crippen LogP) is 5.13. The predicted molar refractivity (Wildman–Crippen MR) is 187 cm³/mol. The van der Waals surface area contributed by atoms with E-state index in [2.05, 4.69) is 15.6 Å². The van der Waals surface area contributed by atoms with Crippen LogP contribution in [0.25, 0.3) is 10.9 Å². The maximum absolute atomic E-state index is 12.5. The van der Waals surface area contributed by atoms with Crippen molar-refractivity contribution < 1.29 is 34.4 Å². The van der Waals surface area contributed by atoms with Crippen LogP contribution >= 0.6 is 11.6 Å². The van der Waals surface area contributed by atoms with E-state index in [0.29, 0.717) is 61.0 Å². The number of phenolic OH excluding ortho intramolecular Hbond substituents is 1. The number of phenols is 1. The molecule has 5 rings (SSSR count). The smallest absolute Gasteiger partial charge is 0.314 e. The lowest BCUT2D eigenvalue weighted by molar-refractivity contribution is -0.145. The molecule has 1 aliphatic rings. The number of rotatable bonds is 15. The minimum Gasteiger partial charge on any atom is -0.506 e. The fourth-order valence-corrected chi connectivity index (χ4v) is 6.78. The first kappa shape index (κ1) is 35.7. The van der Waals surface area contributed by atoms with Crippen LogP contribution in [0.5, 0.6) is 17.2 Å². The number of aliphatic hydroxyl groups excluding tert-OH is 1. The van der Waals surface area contributed by atoms with E-state index in [1.165, 1.54) is 19.2 Å². The Labute approximate surface area is 289 Å². The number of carboxylic acid groups (broad SMARTS) is 1. The van der Waals surface area contributed by atoms with Crippen LogP contribution in [0.4, 0.5) is 0 Å². The van der Waals surface area contributed by atoms with Gasteiger partial charge in [0.25, 0.3) is 5.91 Å². The van der Waals surface area contributed by atoms with E-state index in [9.17, 15) is 29.7 Å². The van der Waals surface area contributed by atoms with Crippen molar-refractivity contribution in [3.05, 3.63) is 98.3 Å². The van der Waals surface area contributed by atoms with Crippen molar-refractivity contribution in [2.45, 2.75) is 63.0 Å². The fraction of sp³-hybridized carbons (Fsp3) is 0.378. The molecule has 3 aromatic carbocycles. The van der Waals surface area contributed by atoms with Crippen LogP contribution in [0.3, 0.4) is 0 Å². The second-order valence-electron chi connectivity index (χ2n) is 12.4. The highest BCUT2D eigenvalue weighted by molar-refractivity contribution is 6.32. The molecule has 1 heterocycles. The first-order valence-corrected chi connectivity index (χ1v) is 16.8. The lowest BCUT2D eigenvalue weighted by Crippen LogP contribution is -2.37. The minimum atomic E-state index is -0.938. The number of fused-ring (bicyclic) bond motifs is 1. The number of hydrogen-bond acceptors (Lipinski definition) is 8. The Morgan fingerprint density at radius 1 is 1.04 bits per heavy atom. The summed E-state index contributed by atoms with van der Waals surface area (Å²) < 4.78 is 11.2. The van der Waals surface area contributed by atoms with Crippen molar-refractivity contribution in [1.29, 1.82) is 0 Å². The molecule has 1 aliphatic carbocycles. The summed E-state index contributed by atoms with van der Waals surface area (Å²) in [5.74, 6) is -0.373. The van der Waals surface area contributed by atoms with Gasteiger partial charge in [0.15, 0.2) is 6.61 Å². The van der Waals surface area contributed by atoms with Crippen molar-refractivity contribution in [1.82, 2.24) is 15.6 Å². The average molecular weight is 692 g/mol. The first-order chi connectivity index (χ1) is 23.6. The van der Waals surface area contributed by atoms with Crippen LogP contribution in [0.1, 0.15) is 66.9 Å². The van der Waals surface area contributed by atoms with Crippen molar-refractivity contribution >= 4 is 34.4 Å². The van der Waals surface area contributed by atoms with E-state index >= 15 is 0 Å². The summed E-state index contributed by atoms with van der Waals surface area (Å²) in [7, 11) is 1.51. The second-order valence-corrected chi connectivity index (χ2v) is 12.8. The zero-order chi connectivity index (χ0) is 35.0. The number of amides is 1. The molecule has 1 unspecified atom stereocenters. The van der Waals surface area contributed by atoms with Crippen LogP contribution < -0.4 is 25.7 Å². The van der Waals surface area contributed by atoms with Gasteiger partial charge < -0.3 is 40.4 Å². The topological polar surface area (TPSA) is 170 Å². The number of halogens is 1.